The Balaban J connectivity index is 0.000000181. The fourth-order valence-electron chi connectivity index (χ4n) is 20.8. The van der Waals surface area contributed by atoms with Crippen LogP contribution in [0.5, 0.6) is 0 Å². The van der Waals surface area contributed by atoms with Crippen molar-refractivity contribution in [2.24, 2.45) is 0 Å². The molecule has 4 aliphatic heterocycles. The fraction of sp³-hybridized carbons (Fsp3) is 0.204. The maximum Gasteiger partial charge on any atom is 0.416 e. The van der Waals surface area contributed by atoms with Gasteiger partial charge >= 0.3 is 18.1 Å². The highest BCUT2D eigenvalue weighted by Gasteiger charge is 2.52. The zero-order chi connectivity index (χ0) is 85.7. The van der Waals surface area contributed by atoms with Gasteiger partial charge in [-0.15, -0.1) is 0 Å². The number of carbonyl (C=O) groups excluding carboxylic acids is 2. The van der Waals surface area contributed by atoms with Crippen LogP contribution in [-0.4, -0.2) is 95.1 Å². The summed E-state index contributed by atoms with van der Waals surface area (Å²) in [7, 11) is 0. The third kappa shape index (κ3) is 14.4. The second-order valence-electron chi connectivity index (χ2n) is 33.9. The number of hydrogen-bond donors (Lipinski definition) is 2. The minimum Gasteiger partial charge on any atom is -0.481 e. The lowest BCUT2D eigenvalue weighted by Gasteiger charge is -2.31. The van der Waals surface area contributed by atoms with Crippen molar-refractivity contribution in [3.8, 4) is 0 Å². The lowest BCUT2D eigenvalue weighted by Crippen LogP contribution is -2.34. The number of carboxylic acid groups (broad SMARTS) is 2. The van der Waals surface area contributed by atoms with E-state index in [0.717, 1.165) is 122 Å². The summed E-state index contributed by atoms with van der Waals surface area (Å²) in [4.78, 5) is 51.5. The normalized spacial score (nSPS) is 17.9. The summed E-state index contributed by atoms with van der Waals surface area (Å²) < 4.78 is 59.5. The van der Waals surface area contributed by atoms with Crippen LogP contribution in [0.4, 0.5) is 35.9 Å². The SMILES string of the molecule is CC1(C)C(/C=C/C=C/C=C2\N(CCOC=O)c3c(c4ccccc4c4ccccc34)C2(C)C)=[N+](CCC(=O)O)c2c1c1ccccc1c1ccccc21.Cc1cccc(CC2(C)C(/C=C/C=C/C=C3\N(CCOC=O)c4c(c5ccccc5c5ccccc45)C3(C)Cc3ccccc3C(F)(F)F)=[N+](CCC(=O)O)c3c2c2ccccc2c2ccccc32)c1. The van der Waals surface area contributed by atoms with Crippen molar-refractivity contribution >= 4 is 145 Å². The van der Waals surface area contributed by atoms with Crippen LogP contribution in [0.3, 0.4) is 0 Å². The quantitative estimate of drug-likeness (QED) is 0.0198. The van der Waals surface area contributed by atoms with Gasteiger partial charge in [0.05, 0.1) is 51.6 Å². The zero-order valence-corrected chi connectivity index (χ0v) is 69.9. The number of ether oxygens (including phenoxy) is 2. The molecule has 4 aliphatic rings. The zero-order valence-electron chi connectivity index (χ0n) is 69.9. The number of alkyl halides is 3. The van der Waals surface area contributed by atoms with Crippen LogP contribution in [0.2, 0.25) is 0 Å². The van der Waals surface area contributed by atoms with Gasteiger partial charge in [-0.1, -0.05) is 280 Å². The molecule has 14 aromatic rings. The number of allylic oxidation sites excluding steroid dienone is 12. The Morgan fingerprint density at radius 3 is 1.26 bits per heavy atom. The predicted octanol–water partition coefficient (Wildman–Crippen LogP) is 24.0. The van der Waals surface area contributed by atoms with E-state index < -0.39 is 34.5 Å². The van der Waals surface area contributed by atoms with Gasteiger partial charge in [-0.3, -0.25) is 19.2 Å². The van der Waals surface area contributed by atoms with E-state index in [1.165, 1.54) is 54.9 Å². The number of aliphatic carboxylic acids is 2. The van der Waals surface area contributed by atoms with Crippen LogP contribution in [0, 0.1) is 6.92 Å². The molecule has 12 nitrogen and oxygen atoms in total. The lowest BCUT2D eigenvalue weighted by atomic mass is 9.72. The first-order valence-corrected chi connectivity index (χ1v) is 42.0. The first-order chi connectivity index (χ1) is 59.5. The molecule has 0 saturated heterocycles. The highest BCUT2D eigenvalue weighted by molar-refractivity contribution is 6.22. The van der Waals surface area contributed by atoms with E-state index in [9.17, 15) is 42.6 Å². The van der Waals surface area contributed by atoms with Gasteiger partial charge in [-0.2, -0.15) is 22.3 Å². The van der Waals surface area contributed by atoms with Gasteiger partial charge in [-0.05, 0) is 165 Å². The van der Waals surface area contributed by atoms with Gasteiger partial charge < -0.3 is 29.5 Å². The number of carbonyl (C=O) groups is 4. The van der Waals surface area contributed by atoms with Crippen molar-refractivity contribution < 1.29 is 61.2 Å². The number of nitrogens with zero attached hydrogens (tertiary/aromatic N) is 4. The third-order valence-corrected chi connectivity index (χ3v) is 25.7. The predicted molar refractivity (Wildman–Crippen MR) is 492 cm³/mol. The van der Waals surface area contributed by atoms with Crippen molar-refractivity contribution in [3.63, 3.8) is 0 Å². The largest absolute Gasteiger partial charge is 0.481 e. The molecule has 14 aromatic carbocycles. The van der Waals surface area contributed by atoms with Crippen molar-refractivity contribution in [1.29, 1.82) is 0 Å². The van der Waals surface area contributed by atoms with Crippen LogP contribution < -0.4 is 9.80 Å². The summed E-state index contributed by atoms with van der Waals surface area (Å²) in [6.07, 6.45) is 16.5. The Bertz CT molecular complexity index is 6960. The van der Waals surface area contributed by atoms with Crippen molar-refractivity contribution in [2.45, 2.75) is 102 Å². The molecule has 2 N–H and O–H groups in total. The van der Waals surface area contributed by atoms with E-state index >= 15 is 0 Å². The maximum atomic E-state index is 14.8. The molecule has 2 unspecified atom stereocenters. The first-order valence-electron chi connectivity index (χ1n) is 42.0. The van der Waals surface area contributed by atoms with E-state index in [-0.39, 0.29) is 62.0 Å². The van der Waals surface area contributed by atoms with E-state index in [0.29, 0.717) is 32.5 Å². The Morgan fingerprint density at radius 2 is 0.780 bits per heavy atom. The summed E-state index contributed by atoms with van der Waals surface area (Å²) in [5.41, 5.74) is 12.0. The Labute approximate surface area is 712 Å². The standard InChI is InChI=1S/C61H51F3N2O4.C47H42N2O4/c1-40-18-17-19-41(36-40)37-59(2)52(65(33-32-54(68)69)57-49-27-14-10-23-45(49)43-21-8-12-25-47(43)55(57)59)30-5-4-6-31-53-60(3,38-42-20-7-16-29-51(42)61(62,63)64)56-48-26-13-9-22-44(48)46-24-11-15-28-50(46)58(56)66(53)34-35-70-39-67;1-46(2)39(48(27-26-41(51)52)44-37-22-14-10-18-33(37)31-16-8-12-20-35(31)42(44)46)24-6-5-7-25-40-47(3,4)43-36-21-13-9-17-32(36)34-19-11-15-23-38(34)45(43)49(40)28-29-53-30-50/h4-31,36,39H,32-35,37-38H2,1-3H3;5-25,30H,26-29H2,1-4H3/p+2. The molecule has 0 amide bonds. The monoisotopic (exact) mass is 1630 g/mol. The second kappa shape index (κ2) is 33.0. The van der Waals surface area contributed by atoms with Crippen molar-refractivity contribution in [1.82, 2.24) is 0 Å². The average molecular weight is 1630 g/mol. The molecular formula is C108H95F3N4O8+2. The molecule has 2 atom stereocenters. The number of aryl methyl sites for hydroxylation is 1. The van der Waals surface area contributed by atoms with Crippen LogP contribution in [0.15, 0.2) is 315 Å². The van der Waals surface area contributed by atoms with Crippen LogP contribution in [0.1, 0.15) is 98.9 Å². The maximum absolute atomic E-state index is 14.8. The van der Waals surface area contributed by atoms with Crippen LogP contribution in [-0.2, 0) is 69.3 Å². The minimum absolute atomic E-state index is 0.0264. The highest BCUT2D eigenvalue weighted by Crippen LogP contribution is 2.59. The molecule has 0 saturated carbocycles. The molecule has 0 bridgehead atoms. The summed E-state index contributed by atoms with van der Waals surface area (Å²) in [6.45, 7) is 18.0. The molecule has 123 heavy (non-hydrogen) atoms. The lowest BCUT2D eigenvalue weighted by molar-refractivity contribution is -0.435. The van der Waals surface area contributed by atoms with Gasteiger partial charge in [0.1, 0.15) is 26.1 Å². The van der Waals surface area contributed by atoms with Crippen molar-refractivity contribution in [2.75, 3.05) is 49.2 Å². The summed E-state index contributed by atoms with van der Waals surface area (Å²) in [5.74, 6) is -1.71. The first kappa shape index (κ1) is 81.6. The smallest absolute Gasteiger partial charge is 0.416 e. The summed E-state index contributed by atoms with van der Waals surface area (Å²) >= 11 is 0. The number of anilines is 2. The molecule has 0 spiro atoms. The molecule has 15 heteroatoms. The fourth-order valence-corrected chi connectivity index (χ4v) is 20.8. The number of rotatable bonds is 24. The molecule has 18 rings (SSSR count). The highest BCUT2D eigenvalue weighted by atomic mass is 19.4. The molecular weight excluding hydrogens is 1540 g/mol. The molecule has 614 valence electrons. The van der Waals surface area contributed by atoms with Crippen molar-refractivity contribution in [3.05, 3.63) is 359 Å². The van der Waals surface area contributed by atoms with E-state index in [1.54, 1.807) is 12.1 Å². The van der Waals surface area contributed by atoms with Gasteiger partial charge in [0.25, 0.3) is 12.9 Å². The number of hydrogen-bond acceptors (Lipinski definition) is 8. The summed E-state index contributed by atoms with van der Waals surface area (Å²) in [6, 6.07) is 81.4. The molecule has 0 fully saturated rings. The molecule has 0 radical (unpaired) electrons. The second-order valence-corrected chi connectivity index (χ2v) is 33.9. The van der Waals surface area contributed by atoms with Gasteiger partial charge in [0.2, 0.25) is 11.4 Å². The van der Waals surface area contributed by atoms with E-state index in [4.69, 9.17) is 9.47 Å². The van der Waals surface area contributed by atoms with Gasteiger partial charge in [0, 0.05) is 56.3 Å². The number of halogens is 3. The number of benzene rings is 14. The molecule has 0 aromatic heterocycles. The average Bonchev–Trinajstić information content (AvgIpc) is 1.53. The van der Waals surface area contributed by atoms with Gasteiger partial charge in [0.15, 0.2) is 24.5 Å². The van der Waals surface area contributed by atoms with E-state index in [1.807, 2.05) is 79.8 Å². The topological polar surface area (TPSA) is 140 Å². The van der Waals surface area contributed by atoms with Crippen LogP contribution >= 0.6 is 0 Å². The number of fused-ring (bicyclic) bond motifs is 24. The third-order valence-electron chi connectivity index (χ3n) is 25.7. The Morgan fingerprint density at radius 1 is 0.398 bits per heavy atom. The molecule has 4 heterocycles. The Kier molecular flexibility index (Phi) is 21.9. The summed E-state index contributed by atoms with van der Waals surface area (Å²) in [5, 5.41) is 37.7. The molecule has 0 aliphatic carbocycles. The Hall–Kier alpha value is -13.8. The van der Waals surface area contributed by atoms with Crippen LogP contribution in [0.25, 0.3) is 86.2 Å². The van der Waals surface area contributed by atoms with Gasteiger partial charge in [-0.25, -0.2) is 0 Å². The minimum atomic E-state index is -4.58. The number of carboxylic acids is 2. The van der Waals surface area contributed by atoms with E-state index in [2.05, 4.69) is 267 Å².